The van der Waals surface area contributed by atoms with Gasteiger partial charge < -0.3 is 5.11 Å². The van der Waals surface area contributed by atoms with Crippen LogP contribution >= 0.6 is 11.6 Å². The normalized spacial score (nSPS) is 17.2. The molecule has 0 spiro atoms. The number of benzene rings is 1. The Morgan fingerprint density at radius 3 is 2.46 bits per heavy atom. The zero-order valence-corrected chi connectivity index (χ0v) is 21.5. The fourth-order valence-electron chi connectivity index (χ4n) is 4.68. The molecule has 3 aromatic heterocycles. The third-order valence-electron chi connectivity index (χ3n) is 6.69. The predicted octanol–water partition coefficient (Wildman–Crippen LogP) is 5.74. The lowest BCUT2D eigenvalue weighted by molar-refractivity contribution is 0.0688. The summed E-state index contributed by atoms with van der Waals surface area (Å²) >= 11 is 6.60. The fraction of sp³-hybridized carbons (Fsp3) is 0.286. The summed E-state index contributed by atoms with van der Waals surface area (Å²) in [7, 11) is 0. The van der Waals surface area contributed by atoms with Gasteiger partial charge in [0.05, 0.1) is 17.1 Å². The maximum absolute atomic E-state index is 14.3. The van der Waals surface area contributed by atoms with Crippen LogP contribution in [0.25, 0.3) is 17.1 Å². The molecule has 0 saturated heterocycles. The first kappa shape index (κ1) is 25.2. The molecule has 3 heterocycles. The number of hydrogen-bond acceptors (Lipinski definition) is 5. The molecule has 1 aliphatic carbocycles. The van der Waals surface area contributed by atoms with Crippen LogP contribution in [0.2, 0.25) is 5.02 Å². The Morgan fingerprint density at radius 2 is 1.76 bits per heavy atom. The van der Waals surface area contributed by atoms with Crippen molar-refractivity contribution in [2.75, 3.05) is 0 Å². The van der Waals surface area contributed by atoms with Crippen LogP contribution in [-0.2, 0) is 5.60 Å². The van der Waals surface area contributed by atoms with Gasteiger partial charge in [-0.3, -0.25) is 14.3 Å². The molecule has 0 radical (unpaired) electrons. The van der Waals surface area contributed by atoms with E-state index in [1.807, 2.05) is 19.9 Å². The molecule has 190 valence electrons. The molecule has 37 heavy (non-hydrogen) atoms. The molecule has 5 rings (SSSR count). The smallest absolute Gasteiger partial charge is 0.274 e. The van der Waals surface area contributed by atoms with Gasteiger partial charge in [-0.05, 0) is 86.9 Å². The summed E-state index contributed by atoms with van der Waals surface area (Å²) in [5.41, 5.74) is 2.50. The van der Waals surface area contributed by atoms with Crippen LogP contribution in [0.15, 0.2) is 53.6 Å². The standard InChI is InChI=1S/C28H25ClF2N4O2/c1-14-13-33-23(22-7-8-32-27(34-22)28(3,4)37)12-24(14)35-15(2)9-20(25(29)26(35)36)19-11-18(19)17-6-5-16(30)10-21(17)31/h5-10,12-13,18-19,37H,11H2,1-4H3/t18-,19+/m1/s1. The number of aryl methyl sites for hydroxylation is 2. The van der Waals surface area contributed by atoms with E-state index in [-0.39, 0.29) is 28.2 Å². The number of aliphatic hydroxyl groups is 1. The molecule has 4 aromatic rings. The van der Waals surface area contributed by atoms with E-state index in [1.54, 1.807) is 38.4 Å². The second-order valence-electron chi connectivity index (χ2n) is 9.99. The van der Waals surface area contributed by atoms with Crippen LogP contribution in [0, 0.1) is 25.5 Å². The Balaban J connectivity index is 1.54. The Kier molecular flexibility index (Phi) is 6.20. The van der Waals surface area contributed by atoms with Gasteiger partial charge in [0, 0.05) is 24.2 Å². The van der Waals surface area contributed by atoms with Crippen LogP contribution in [0.4, 0.5) is 8.78 Å². The first-order valence-electron chi connectivity index (χ1n) is 11.9. The molecule has 0 aliphatic heterocycles. The molecule has 1 aromatic carbocycles. The van der Waals surface area contributed by atoms with E-state index in [0.717, 1.165) is 11.6 Å². The average Bonchev–Trinajstić information content (AvgIpc) is 3.62. The summed E-state index contributed by atoms with van der Waals surface area (Å²) in [4.78, 5) is 26.6. The minimum atomic E-state index is -1.22. The predicted molar refractivity (Wildman–Crippen MR) is 137 cm³/mol. The van der Waals surface area contributed by atoms with Crippen LogP contribution < -0.4 is 5.56 Å². The number of rotatable bonds is 5. The molecule has 0 bridgehead atoms. The Bertz CT molecular complexity index is 1600. The number of halogens is 3. The Labute approximate surface area is 217 Å². The van der Waals surface area contributed by atoms with E-state index in [0.29, 0.717) is 40.3 Å². The average molecular weight is 523 g/mol. The van der Waals surface area contributed by atoms with Gasteiger partial charge in [-0.25, -0.2) is 18.7 Å². The first-order valence-corrected chi connectivity index (χ1v) is 12.2. The highest BCUT2D eigenvalue weighted by atomic mass is 35.5. The largest absolute Gasteiger partial charge is 0.382 e. The zero-order valence-electron chi connectivity index (χ0n) is 20.8. The van der Waals surface area contributed by atoms with E-state index >= 15 is 0 Å². The van der Waals surface area contributed by atoms with Gasteiger partial charge in [0.2, 0.25) is 0 Å². The SMILES string of the molecule is Cc1cnc(-c2ccnc(C(C)(C)O)n2)cc1-n1c(C)cc([C@H]2C[C@@H]2c2ccc(F)cc2F)c(Cl)c1=O. The highest BCUT2D eigenvalue weighted by Crippen LogP contribution is 2.56. The van der Waals surface area contributed by atoms with E-state index in [1.165, 1.54) is 16.7 Å². The summed E-state index contributed by atoms with van der Waals surface area (Å²) in [5.74, 6) is -1.24. The van der Waals surface area contributed by atoms with Crippen molar-refractivity contribution >= 4 is 11.6 Å². The van der Waals surface area contributed by atoms with Crippen molar-refractivity contribution in [1.29, 1.82) is 0 Å². The highest BCUT2D eigenvalue weighted by molar-refractivity contribution is 6.31. The van der Waals surface area contributed by atoms with Gasteiger partial charge >= 0.3 is 0 Å². The van der Waals surface area contributed by atoms with Gasteiger partial charge in [0.25, 0.3) is 5.56 Å². The van der Waals surface area contributed by atoms with Crippen LogP contribution in [0.5, 0.6) is 0 Å². The second-order valence-corrected chi connectivity index (χ2v) is 10.4. The summed E-state index contributed by atoms with van der Waals surface area (Å²) in [5, 5.41) is 10.4. The van der Waals surface area contributed by atoms with Crippen molar-refractivity contribution in [3.8, 4) is 17.1 Å². The molecule has 0 unspecified atom stereocenters. The van der Waals surface area contributed by atoms with Crippen LogP contribution in [-0.4, -0.2) is 24.6 Å². The van der Waals surface area contributed by atoms with Crippen molar-refractivity contribution in [2.24, 2.45) is 0 Å². The molecule has 1 fully saturated rings. The van der Waals surface area contributed by atoms with E-state index in [4.69, 9.17) is 11.6 Å². The van der Waals surface area contributed by atoms with Crippen LogP contribution in [0.3, 0.4) is 0 Å². The van der Waals surface area contributed by atoms with Gasteiger partial charge in [0.1, 0.15) is 22.3 Å². The molecule has 2 atom stereocenters. The van der Waals surface area contributed by atoms with Crippen molar-refractivity contribution in [3.05, 3.63) is 104 Å². The van der Waals surface area contributed by atoms with E-state index in [2.05, 4.69) is 15.0 Å². The summed E-state index contributed by atoms with van der Waals surface area (Å²) in [6.45, 7) is 6.85. The maximum atomic E-state index is 14.3. The van der Waals surface area contributed by atoms with Crippen molar-refractivity contribution in [3.63, 3.8) is 0 Å². The number of hydrogen-bond donors (Lipinski definition) is 1. The Hall–Kier alpha value is -3.49. The fourth-order valence-corrected chi connectivity index (χ4v) is 4.96. The lowest BCUT2D eigenvalue weighted by Gasteiger charge is -2.17. The van der Waals surface area contributed by atoms with Crippen molar-refractivity contribution < 1.29 is 13.9 Å². The lowest BCUT2D eigenvalue weighted by Crippen LogP contribution is -2.23. The second kappa shape index (κ2) is 9.11. The molecule has 9 heteroatoms. The number of aromatic nitrogens is 4. The minimum Gasteiger partial charge on any atom is -0.382 e. The molecule has 6 nitrogen and oxygen atoms in total. The number of pyridine rings is 2. The molecule has 1 aliphatic rings. The summed E-state index contributed by atoms with van der Waals surface area (Å²) < 4.78 is 29.2. The van der Waals surface area contributed by atoms with Crippen LogP contribution in [0.1, 0.15) is 60.3 Å². The quantitative estimate of drug-likeness (QED) is 0.362. The Morgan fingerprint density at radius 1 is 1.03 bits per heavy atom. The van der Waals surface area contributed by atoms with Crippen molar-refractivity contribution in [1.82, 2.24) is 19.5 Å². The summed E-state index contributed by atoms with van der Waals surface area (Å²) in [6.07, 6.45) is 3.83. The monoisotopic (exact) mass is 522 g/mol. The zero-order chi connectivity index (χ0) is 26.6. The summed E-state index contributed by atoms with van der Waals surface area (Å²) in [6, 6.07) is 8.86. The van der Waals surface area contributed by atoms with E-state index < -0.39 is 17.2 Å². The van der Waals surface area contributed by atoms with Crippen molar-refractivity contribution in [2.45, 2.75) is 51.6 Å². The van der Waals surface area contributed by atoms with E-state index in [9.17, 15) is 18.7 Å². The van der Waals surface area contributed by atoms with Gasteiger partial charge in [-0.2, -0.15) is 0 Å². The molecular weight excluding hydrogens is 498 g/mol. The third-order valence-corrected chi connectivity index (χ3v) is 7.07. The minimum absolute atomic E-state index is 0.0738. The molecule has 1 N–H and O–H groups in total. The maximum Gasteiger partial charge on any atom is 0.274 e. The van der Waals surface area contributed by atoms with Gasteiger partial charge in [-0.1, -0.05) is 17.7 Å². The third kappa shape index (κ3) is 4.67. The van der Waals surface area contributed by atoms with Gasteiger partial charge in [-0.15, -0.1) is 0 Å². The molecular formula is C28H25ClF2N4O2. The first-order chi connectivity index (χ1) is 17.5. The highest BCUT2D eigenvalue weighted by Gasteiger charge is 2.43. The molecule has 1 saturated carbocycles. The van der Waals surface area contributed by atoms with Gasteiger partial charge in [0.15, 0.2) is 5.82 Å². The topological polar surface area (TPSA) is 80.9 Å². The number of nitrogens with zero attached hydrogens (tertiary/aromatic N) is 4. The lowest BCUT2D eigenvalue weighted by atomic mass is 10.0. The molecule has 0 amide bonds.